The molecule has 0 unspecified atom stereocenters. The number of anilines is 4. The van der Waals surface area contributed by atoms with Crippen molar-refractivity contribution in [3.8, 4) is 0 Å². The van der Waals surface area contributed by atoms with Gasteiger partial charge in [-0.25, -0.2) is 39.8 Å². The Bertz CT molecular complexity index is 4930. The molecule has 4 aromatic heterocycles. The van der Waals surface area contributed by atoms with Crippen LogP contribution in [0.25, 0.3) is 40.9 Å². The van der Waals surface area contributed by atoms with Gasteiger partial charge in [-0.1, -0.05) is 215 Å². The zero-order valence-electron chi connectivity index (χ0n) is 60.2. The van der Waals surface area contributed by atoms with E-state index in [1.165, 1.54) is 61.0 Å². The number of aryl methyl sites for hydroxylation is 8. The third-order valence-corrected chi connectivity index (χ3v) is 20.2. The lowest BCUT2D eigenvalue weighted by atomic mass is 10.1. The summed E-state index contributed by atoms with van der Waals surface area (Å²) in [5.41, 5.74) is 17.5. The van der Waals surface area contributed by atoms with Crippen molar-refractivity contribution in [2.75, 3.05) is 52.9 Å². The number of ether oxygens (including phenoxy) is 2. The molecule has 0 saturated heterocycles. The van der Waals surface area contributed by atoms with Gasteiger partial charge in [0.1, 0.15) is 6.61 Å². The summed E-state index contributed by atoms with van der Waals surface area (Å²) in [7, 11) is 0. The molecule has 0 radical (unpaired) electrons. The summed E-state index contributed by atoms with van der Waals surface area (Å²) in [4.78, 5) is 53.4. The third-order valence-electron chi connectivity index (χ3n) is 16.0. The Hall–Kier alpha value is -11.0. The Labute approximate surface area is 624 Å². The number of para-hydroxylation sites is 4. The first kappa shape index (κ1) is 77.2. The standard InChI is InChI=1S/C24H27N3O2S.C21H23N3O2S.C19H17N3OS.C19H19N3S/c1-4-23(28)29-15-9-5-8-14-27(24-26-21-10-6-7-11-22(21)30-24)25-17-20-16-18(2)12-13-19(20)3;1-4-20(25)26-12-11-24(21-23-18-7-5-6-8-19(18)27-21)22-14-17-13-15(2)9-10-16(17)3;1-4-18(23)22(19-21-16-7-5-6-8-17(16)24-19)20-12-15-11-13(2)9-10-14(15)3;1-4-11-22(19-21-17-7-5-6-8-18(17)23-19)20-13-16-12-14(2)9-10-15(16)3/h4,6-7,10-13,16-17H,1,5,8-9,14-15H2,2-3H3;5-10,13-14H,4,11-12H2,1-3H3;4-12H,1H2,2-3H3;4-10,12-13H,1,11H2,2-3H3/b25-17+;22-14+;20-12+;20-13+. The number of fused-ring (bicyclic) bond motifs is 4. The molecule has 12 aromatic rings. The zero-order chi connectivity index (χ0) is 73.9. The molecule has 12 rings (SSSR count). The van der Waals surface area contributed by atoms with Crippen LogP contribution >= 0.6 is 45.3 Å². The summed E-state index contributed by atoms with van der Waals surface area (Å²) in [5.74, 6) is -0.891. The SMILES string of the molecule is C=CC(=O)N(/N=C/c1cc(C)ccc1C)c1nc2ccccc2s1.C=CC(=O)OCCCCCN(/N=C/c1cc(C)ccc1C)c1nc2ccccc2s1.C=CCN(/N=C/c1cc(C)ccc1C)c1nc2ccccc2s1.CCC(=O)OCCN(/N=C/c1cc(C)ccc1C)c1nc2ccccc2s1. The lowest BCUT2D eigenvalue weighted by Gasteiger charge is -2.16. The van der Waals surface area contributed by atoms with Crippen LogP contribution in [0.5, 0.6) is 0 Å². The molecule has 0 atom stereocenters. The summed E-state index contributed by atoms with van der Waals surface area (Å²) in [6.45, 7) is 31.6. The molecule has 0 aliphatic rings. The number of carbonyl (C=O) groups is 3. The number of thiazole rings is 4. The fourth-order valence-electron chi connectivity index (χ4n) is 10.1. The van der Waals surface area contributed by atoms with E-state index in [0.717, 1.165) is 116 Å². The molecule has 104 heavy (non-hydrogen) atoms. The van der Waals surface area contributed by atoms with Crippen molar-refractivity contribution >= 4 is 149 Å². The molecule has 8 aromatic carbocycles. The molecule has 1 amide bonds. The summed E-state index contributed by atoms with van der Waals surface area (Å²) in [6, 6.07) is 57.2. The van der Waals surface area contributed by atoms with Crippen molar-refractivity contribution in [3.63, 3.8) is 0 Å². The molecule has 21 heteroatoms. The monoisotopic (exact) mass is 1460 g/mol. The van der Waals surface area contributed by atoms with Crippen LogP contribution < -0.4 is 20.0 Å². The second-order valence-electron chi connectivity index (χ2n) is 24.3. The Morgan fingerprint density at radius 2 is 0.779 bits per heavy atom. The van der Waals surface area contributed by atoms with Crippen LogP contribution in [0, 0.1) is 55.4 Å². The third kappa shape index (κ3) is 22.5. The van der Waals surface area contributed by atoms with Gasteiger partial charge >= 0.3 is 11.9 Å². The number of carbonyl (C=O) groups excluding carboxylic acids is 3. The number of amides is 1. The first-order chi connectivity index (χ1) is 50.4. The highest BCUT2D eigenvalue weighted by Gasteiger charge is 2.19. The van der Waals surface area contributed by atoms with Gasteiger partial charge in [0.15, 0.2) is 0 Å². The maximum Gasteiger partial charge on any atom is 0.330 e. The van der Waals surface area contributed by atoms with Crippen LogP contribution in [0.2, 0.25) is 0 Å². The molecule has 0 bridgehead atoms. The Morgan fingerprint density at radius 3 is 1.16 bits per heavy atom. The predicted molar refractivity (Wildman–Crippen MR) is 439 cm³/mol. The lowest BCUT2D eigenvalue weighted by Crippen LogP contribution is -2.23. The van der Waals surface area contributed by atoms with Crippen LogP contribution in [0.1, 0.15) is 99.4 Å². The Morgan fingerprint density at radius 1 is 0.413 bits per heavy atom. The minimum absolute atomic E-state index is 0.210. The van der Waals surface area contributed by atoms with Crippen LogP contribution in [-0.2, 0) is 23.9 Å². The highest BCUT2D eigenvalue weighted by Crippen LogP contribution is 2.33. The maximum atomic E-state index is 12.2. The molecule has 4 heterocycles. The summed E-state index contributed by atoms with van der Waals surface area (Å²) < 4.78 is 14.7. The fraction of sp³-hybridized carbons (Fsp3) is 0.217. The quantitative estimate of drug-likeness (QED) is 0.0125. The number of aromatic nitrogens is 4. The Kier molecular flexibility index (Phi) is 28.9. The van der Waals surface area contributed by atoms with E-state index in [-0.39, 0.29) is 24.5 Å². The van der Waals surface area contributed by atoms with Crippen molar-refractivity contribution in [2.45, 2.75) is 88.0 Å². The molecule has 532 valence electrons. The van der Waals surface area contributed by atoms with Crippen LogP contribution in [0.3, 0.4) is 0 Å². The van der Waals surface area contributed by atoms with E-state index in [4.69, 9.17) is 19.6 Å². The smallest absolute Gasteiger partial charge is 0.330 e. The molecule has 0 aliphatic heterocycles. The number of hydrazone groups is 4. The zero-order valence-corrected chi connectivity index (χ0v) is 63.5. The van der Waals surface area contributed by atoms with Crippen molar-refractivity contribution in [2.24, 2.45) is 20.4 Å². The average molecular weight is 1460 g/mol. The maximum absolute atomic E-state index is 12.2. The first-order valence-electron chi connectivity index (χ1n) is 34.1. The molecular weight excluding hydrogens is 1370 g/mol. The molecule has 0 N–H and O–H groups in total. The second kappa shape index (κ2) is 38.9. The highest BCUT2D eigenvalue weighted by molar-refractivity contribution is 7.23. The predicted octanol–water partition coefficient (Wildman–Crippen LogP) is 19.8. The molecule has 0 saturated carbocycles. The number of hydrogen-bond donors (Lipinski definition) is 0. The van der Waals surface area contributed by atoms with Gasteiger partial charge in [0.25, 0.3) is 5.91 Å². The Balaban J connectivity index is 0.000000162. The van der Waals surface area contributed by atoms with Gasteiger partial charge in [0.05, 0.1) is 85.4 Å². The summed E-state index contributed by atoms with van der Waals surface area (Å²) in [5, 5.41) is 28.5. The minimum Gasteiger partial charge on any atom is -0.464 e. The van der Waals surface area contributed by atoms with Gasteiger partial charge in [-0.05, 0) is 174 Å². The number of nitrogens with zero attached hydrogens (tertiary/aromatic N) is 12. The van der Waals surface area contributed by atoms with E-state index in [1.807, 2.05) is 152 Å². The molecule has 17 nitrogen and oxygen atoms in total. The number of rotatable bonds is 26. The lowest BCUT2D eigenvalue weighted by molar-refractivity contribution is -0.143. The molecular formula is C83H86N12O5S4. The van der Waals surface area contributed by atoms with E-state index in [2.05, 4.69) is 158 Å². The highest BCUT2D eigenvalue weighted by atomic mass is 32.1. The molecule has 0 spiro atoms. The largest absolute Gasteiger partial charge is 0.464 e. The summed E-state index contributed by atoms with van der Waals surface area (Å²) >= 11 is 6.28. The summed E-state index contributed by atoms with van der Waals surface area (Å²) in [6.07, 6.45) is 14.7. The van der Waals surface area contributed by atoms with E-state index in [9.17, 15) is 14.4 Å². The number of esters is 2. The van der Waals surface area contributed by atoms with E-state index >= 15 is 0 Å². The van der Waals surface area contributed by atoms with Crippen LogP contribution in [0.15, 0.2) is 228 Å². The van der Waals surface area contributed by atoms with Crippen molar-refractivity contribution < 1.29 is 23.9 Å². The topological polar surface area (TPSA) is 184 Å². The van der Waals surface area contributed by atoms with Crippen LogP contribution in [0.4, 0.5) is 20.5 Å². The molecule has 0 fully saturated rings. The number of hydrogen-bond acceptors (Lipinski definition) is 20. The van der Waals surface area contributed by atoms with Gasteiger partial charge in [0, 0.05) is 19.0 Å². The first-order valence-corrected chi connectivity index (χ1v) is 37.4. The van der Waals surface area contributed by atoms with Gasteiger partial charge in [0.2, 0.25) is 20.5 Å². The van der Waals surface area contributed by atoms with Gasteiger partial charge in [-0.3, -0.25) is 9.59 Å². The number of benzene rings is 8. The minimum atomic E-state index is -0.371. The van der Waals surface area contributed by atoms with Crippen molar-refractivity contribution in [1.29, 1.82) is 0 Å². The van der Waals surface area contributed by atoms with Crippen molar-refractivity contribution in [1.82, 2.24) is 19.9 Å². The van der Waals surface area contributed by atoms with Gasteiger partial charge in [-0.2, -0.15) is 25.4 Å². The average Bonchev–Trinajstić information content (AvgIpc) is 1.68. The van der Waals surface area contributed by atoms with Gasteiger partial charge in [-0.15, -0.1) is 6.58 Å². The van der Waals surface area contributed by atoms with E-state index in [0.29, 0.717) is 31.2 Å². The normalized spacial score (nSPS) is 11.2. The van der Waals surface area contributed by atoms with Crippen molar-refractivity contribution in [3.05, 3.63) is 275 Å². The van der Waals surface area contributed by atoms with E-state index < -0.39 is 0 Å². The van der Waals surface area contributed by atoms with Gasteiger partial charge < -0.3 is 9.47 Å². The van der Waals surface area contributed by atoms with Crippen LogP contribution in [-0.4, -0.2) is 95.5 Å². The molecule has 0 aliphatic carbocycles. The second-order valence-corrected chi connectivity index (χ2v) is 28.3. The fourth-order valence-corrected chi connectivity index (χ4v) is 13.8. The van der Waals surface area contributed by atoms with E-state index in [1.54, 1.807) is 52.2 Å². The number of unbranched alkanes of at least 4 members (excludes halogenated alkanes) is 2.